The van der Waals surface area contributed by atoms with Gasteiger partial charge >= 0.3 is 0 Å². The Labute approximate surface area is 141 Å². The second-order valence-electron chi connectivity index (χ2n) is 8.52. The van der Waals surface area contributed by atoms with Gasteiger partial charge in [0.05, 0.1) is 0 Å². The molecule has 2 fully saturated rings. The van der Waals surface area contributed by atoms with Crippen LogP contribution in [-0.4, -0.2) is 35.8 Å². The molecule has 2 rings (SSSR count). The van der Waals surface area contributed by atoms with Crippen molar-refractivity contribution in [3.8, 4) is 0 Å². The molecule has 1 N–H and O–H groups in total. The second kappa shape index (κ2) is 7.23. The molecule has 2 amide bonds. The van der Waals surface area contributed by atoms with E-state index in [9.17, 15) is 9.59 Å². The van der Waals surface area contributed by atoms with Crippen LogP contribution in [0.3, 0.4) is 0 Å². The molecule has 23 heavy (non-hydrogen) atoms. The molecule has 1 saturated carbocycles. The fourth-order valence-electron chi connectivity index (χ4n) is 3.98. The lowest BCUT2D eigenvalue weighted by molar-refractivity contribution is -0.144. The Balaban J connectivity index is 2.13. The topological polar surface area (TPSA) is 49.4 Å². The summed E-state index contributed by atoms with van der Waals surface area (Å²) < 4.78 is 0. The smallest absolute Gasteiger partial charge is 0.243 e. The Bertz CT molecular complexity index is 441. The Morgan fingerprint density at radius 3 is 2.57 bits per heavy atom. The van der Waals surface area contributed by atoms with Crippen molar-refractivity contribution in [2.75, 3.05) is 13.1 Å². The number of fused-ring (bicyclic) bond motifs is 1. The van der Waals surface area contributed by atoms with E-state index in [1.807, 2.05) is 11.8 Å². The SMILES string of the molecule is CCCCNC(=O)[C@@H]1[C@H]2CCC[C@H]2CN1C(=O)[C@@H](C)C(C)(C)C. The van der Waals surface area contributed by atoms with Crippen LogP contribution in [0.15, 0.2) is 0 Å². The van der Waals surface area contributed by atoms with Crippen molar-refractivity contribution in [1.29, 1.82) is 0 Å². The molecule has 0 aromatic carbocycles. The number of carbonyl (C=O) groups is 2. The van der Waals surface area contributed by atoms with Crippen molar-refractivity contribution in [3.63, 3.8) is 0 Å². The first-order valence-electron chi connectivity index (χ1n) is 9.35. The van der Waals surface area contributed by atoms with E-state index in [0.29, 0.717) is 11.8 Å². The van der Waals surface area contributed by atoms with E-state index in [1.54, 1.807) is 0 Å². The van der Waals surface area contributed by atoms with Gasteiger partial charge in [-0.1, -0.05) is 47.5 Å². The van der Waals surface area contributed by atoms with Crippen LogP contribution in [0.1, 0.15) is 66.7 Å². The number of nitrogens with one attached hydrogen (secondary N) is 1. The highest BCUT2D eigenvalue weighted by Crippen LogP contribution is 2.43. The van der Waals surface area contributed by atoms with E-state index >= 15 is 0 Å². The van der Waals surface area contributed by atoms with Crippen LogP contribution >= 0.6 is 0 Å². The summed E-state index contributed by atoms with van der Waals surface area (Å²) in [7, 11) is 0. The minimum absolute atomic E-state index is 0.0627. The zero-order valence-electron chi connectivity index (χ0n) is 15.5. The Morgan fingerprint density at radius 1 is 1.26 bits per heavy atom. The molecule has 4 atom stereocenters. The molecule has 0 radical (unpaired) electrons. The maximum Gasteiger partial charge on any atom is 0.243 e. The van der Waals surface area contributed by atoms with Crippen LogP contribution in [0.25, 0.3) is 0 Å². The van der Waals surface area contributed by atoms with E-state index < -0.39 is 0 Å². The van der Waals surface area contributed by atoms with Gasteiger partial charge in [-0.2, -0.15) is 0 Å². The van der Waals surface area contributed by atoms with Gasteiger partial charge in [0.25, 0.3) is 0 Å². The van der Waals surface area contributed by atoms with Crippen LogP contribution in [0.2, 0.25) is 0 Å². The van der Waals surface area contributed by atoms with E-state index in [0.717, 1.165) is 38.8 Å². The first kappa shape index (κ1) is 18.3. The Kier molecular flexibility index (Phi) is 5.74. The quantitative estimate of drug-likeness (QED) is 0.790. The van der Waals surface area contributed by atoms with Gasteiger partial charge in [-0.3, -0.25) is 9.59 Å². The lowest BCUT2D eigenvalue weighted by Gasteiger charge is -2.34. The molecule has 1 heterocycles. The predicted octanol–water partition coefficient (Wildman–Crippen LogP) is 3.21. The van der Waals surface area contributed by atoms with Crippen molar-refractivity contribution in [3.05, 3.63) is 0 Å². The number of hydrogen-bond acceptors (Lipinski definition) is 2. The first-order chi connectivity index (χ1) is 10.8. The lowest BCUT2D eigenvalue weighted by atomic mass is 9.81. The van der Waals surface area contributed by atoms with Gasteiger partial charge in [-0.25, -0.2) is 0 Å². The maximum atomic E-state index is 13.0. The van der Waals surface area contributed by atoms with Gasteiger partial charge in [0.2, 0.25) is 11.8 Å². The number of hydrogen-bond donors (Lipinski definition) is 1. The third-order valence-corrected chi connectivity index (χ3v) is 5.94. The summed E-state index contributed by atoms with van der Waals surface area (Å²) in [5.74, 6) is 1.05. The molecule has 1 aliphatic carbocycles. The molecule has 132 valence electrons. The van der Waals surface area contributed by atoms with Gasteiger partial charge in [0, 0.05) is 19.0 Å². The first-order valence-corrected chi connectivity index (χ1v) is 9.35. The molecule has 0 aromatic rings. The predicted molar refractivity (Wildman–Crippen MR) is 92.9 cm³/mol. The molecule has 4 nitrogen and oxygen atoms in total. The molecule has 2 aliphatic rings. The van der Waals surface area contributed by atoms with E-state index in [-0.39, 0.29) is 29.2 Å². The van der Waals surface area contributed by atoms with Gasteiger partial charge in [-0.15, -0.1) is 0 Å². The zero-order chi connectivity index (χ0) is 17.2. The van der Waals surface area contributed by atoms with Gasteiger partial charge < -0.3 is 10.2 Å². The Hall–Kier alpha value is -1.06. The molecule has 4 heteroatoms. The van der Waals surface area contributed by atoms with Crippen molar-refractivity contribution in [2.45, 2.75) is 72.8 Å². The molecule has 0 bridgehead atoms. The minimum Gasteiger partial charge on any atom is -0.354 e. The third-order valence-electron chi connectivity index (χ3n) is 5.94. The number of nitrogens with zero attached hydrogens (tertiary/aromatic N) is 1. The maximum absolute atomic E-state index is 13.0. The van der Waals surface area contributed by atoms with Gasteiger partial charge in [-0.05, 0) is 36.5 Å². The van der Waals surface area contributed by atoms with Crippen LogP contribution in [0.4, 0.5) is 0 Å². The van der Waals surface area contributed by atoms with Crippen molar-refractivity contribution >= 4 is 11.8 Å². The van der Waals surface area contributed by atoms with Crippen LogP contribution in [-0.2, 0) is 9.59 Å². The Morgan fingerprint density at radius 2 is 1.96 bits per heavy atom. The van der Waals surface area contributed by atoms with Crippen LogP contribution in [0, 0.1) is 23.2 Å². The summed E-state index contributed by atoms with van der Waals surface area (Å²) >= 11 is 0. The van der Waals surface area contributed by atoms with Gasteiger partial charge in [0.15, 0.2) is 0 Å². The normalized spacial score (nSPS) is 28.6. The summed E-state index contributed by atoms with van der Waals surface area (Å²) in [5.41, 5.74) is -0.0714. The lowest BCUT2D eigenvalue weighted by Crippen LogP contribution is -2.51. The summed E-state index contributed by atoms with van der Waals surface area (Å²) in [4.78, 5) is 27.7. The van der Waals surface area contributed by atoms with E-state index in [1.165, 1.54) is 6.42 Å². The highest BCUT2D eigenvalue weighted by atomic mass is 16.2. The molecule has 1 saturated heterocycles. The largest absolute Gasteiger partial charge is 0.354 e. The van der Waals surface area contributed by atoms with E-state index in [2.05, 4.69) is 33.0 Å². The number of rotatable bonds is 5. The molecule has 0 spiro atoms. The minimum atomic E-state index is -0.239. The molecule has 1 aliphatic heterocycles. The zero-order valence-corrected chi connectivity index (χ0v) is 15.5. The molecule has 0 aromatic heterocycles. The van der Waals surface area contributed by atoms with Crippen LogP contribution < -0.4 is 5.32 Å². The summed E-state index contributed by atoms with van der Waals surface area (Å²) in [6.45, 7) is 11.9. The highest BCUT2D eigenvalue weighted by molar-refractivity contribution is 5.89. The fourth-order valence-corrected chi connectivity index (χ4v) is 3.98. The monoisotopic (exact) mass is 322 g/mol. The number of carbonyl (C=O) groups excluding carboxylic acids is 2. The van der Waals surface area contributed by atoms with Gasteiger partial charge in [0.1, 0.15) is 6.04 Å². The second-order valence-corrected chi connectivity index (χ2v) is 8.52. The van der Waals surface area contributed by atoms with Crippen LogP contribution in [0.5, 0.6) is 0 Å². The molecular formula is C19H34N2O2. The van der Waals surface area contributed by atoms with Crippen molar-refractivity contribution < 1.29 is 9.59 Å². The summed E-state index contributed by atoms with van der Waals surface area (Å²) in [6, 6.07) is -0.239. The number of unbranched alkanes of at least 4 members (excludes halogenated alkanes) is 1. The number of likely N-dealkylation sites (tertiary alicyclic amines) is 1. The summed E-state index contributed by atoms with van der Waals surface area (Å²) in [5, 5.41) is 3.07. The average Bonchev–Trinajstić information content (AvgIpc) is 3.04. The highest BCUT2D eigenvalue weighted by Gasteiger charge is 2.50. The van der Waals surface area contributed by atoms with Crippen molar-refractivity contribution in [1.82, 2.24) is 10.2 Å². The van der Waals surface area contributed by atoms with Crippen molar-refractivity contribution in [2.24, 2.45) is 23.2 Å². The molecular weight excluding hydrogens is 288 g/mol. The standard InChI is InChI=1S/C19H34N2O2/c1-6-7-11-20-17(22)16-15-10-8-9-14(15)12-21(16)18(23)13(2)19(3,4)5/h13-16H,6-12H2,1-5H3,(H,20,22)/t13-,14+,15+,16+/m1/s1. The average molecular weight is 322 g/mol. The van der Waals surface area contributed by atoms with E-state index in [4.69, 9.17) is 0 Å². The fraction of sp³-hybridized carbons (Fsp3) is 0.895. The molecule has 0 unspecified atom stereocenters. The third kappa shape index (κ3) is 3.89. The summed E-state index contributed by atoms with van der Waals surface area (Å²) in [6.07, 6.45) is 5.52. The number of amides is 2.